The minimum absolute atomic E-state index is 0.119. The summed E-state index contributed by atoms with van der Waals surface area (Å²) in [6.07, 6.45) is 0.0230. The molecule has 0 bridgehead atoms. The number of hydrogen-bond acceptors (Lipinski definition) is 5. The first-order chi connectivity index (χ1) is 9.15. The Balaban J connectivity index is 2.58. The molecule has 0 aliphatic heterocycles. The van der Waals surface area contributed by atoms with Crippen molar-refractivity contribution < 1.29 is 27.4 Å². The lowest BCUT2D eigenvalue weighted by Crippen LogP contribution is -2.37. The molecule has 1 aromatic rings. The molecule has 0 amide bonds. The predicted octanol–water partition coefficient (Wildman–Crippen LogP) is 0.341. The van der Waals surface area contributed by atoms with Crippen LogP contribution in [-0.4, -0.2) is 50.5 Å². The molecular formula is C12H17F2NO4S. The SMILES string of the molecule is CS(=O)(=O)c1ccc(C(O)CNCC(F)(F)CO)cc1. The molecule has 114 valence electrons. The third-order valence-corrected chi connectivity index (χ3v) is 3.77. The molecule has 0 spiro atoms. The van der Waals surface area contributed by atoms with Gasteiger partial charge in [0.2, 0.25) is 0 Å². The largest absolute Gasteiger partial charge is 0.390 e. The standard InChI is InChI=1S/C12H17F2NO4S/c1-20(18,19)10-4-2-9(3-5-10)11(17)6-15-7-12(13,14)8-16/h2-5,11,15-17H,6-8H2,1H3. The minimum atomic E-state index is -3.31. The van der Waals surface area contributed by atoms with Crippen molar-refractivity contribution in [2.75, 3.05) is 26.0 Å². The van der Waals surface area contributed by atoms with E-state index in [1.165, 1.54) is 24.3 Å². The highest BCUT2D eigenvalue weighted by Gasteiger charge is 2.27. The maximum absolute atomic E-state index is 12.7. The number of sulfone groups is 1. The predicted molar refractivity (Wildman–Crippen MR) is 69.4 cm³/mol. The Labute approximate surface area is 116 Å². The zero-order valence-electron chi connectivity index (χ0n) is 10.9. The van der Waals surface area contributed by atoms with E-state index in [1.54, 1.807) is 0 Å². The van der Waals surface area contributed by atoms with Crippen LogP contribution in [0.4, 0.5) is 8.78 Å². The summed E-state index contributed by atoms with van der Waals surface area (Å²) >= 11 is 0. The summed E-state index contributed by atoms with van der Waals surface area (Å²) in [5, 5.41) is 20.5. The van der Waals surface area contributed by atoms with Gasteiger partial charge in [-0.2, -0.15) is 0 Å². The van der Waals surface area contributed by atoms with Gasteiger partial charge in [-0.3, -0.25) is 0 Å². The summed E-state index contributed by atoms with van der Waals surface area (Å²) in [7, 11) is -3.31. The van der Waals surface area contributed by atoms with Crippen LogP contribution >= 0.6 is 0 Å². The van der Waals surface area contributed by atoms with Crippen molar-refractivity contribution in [2.45, 2.75) is 16.9 Å². The Morgan fingerprint density at radius 2 is 1.85 bits per heavy atom. The highest BCUT2D eigenvalue weighted by molar-refractivity contribution is 7.90. The fourth-order valence-electron chi connectivity index (χ4n) is 1.50. The first-order valence-electron chi connectivity index (χ1n) is 5.83. The molecule has 0 saturated heterocycles. The molecule has 0 aliphatic rings. The first kappa shape index (κ1) is 17.0. The molecule has 8 heteroatoms. The molecule has 1 aromatic carbocycles. The quantitative estimate of drug-likeness (QED) is 0.676. The Kier molecular flexibility index (Phi) is 5.58. The monoisotopic (exact) mass is 309 g/mol. The maximum atomic E-state index is 12.7. The Morgan fingerprint density at radius 1 is 1.30 bits per heavy atom. The van der Waals surface area contributed by atoms with Gasteiger partial charge in [0.25, 0.3) is 5.92 Å². The summed E-state index contributed by atoms with van der Waals surface area (Å²) in [6, 6.07) is 5.53. The van der Waals surface area contributed by atoms with E-state index < -0.39 is 35.0 Å². The molecule has 3 N–H and O–H groups in total. The highest BCUT2D eigenvalue weighted by Crippen LogP contribution is 2.16. The lowest BCUT2D eigenvalue weighted by molar-refractivity contribution is -0.0488. The van der Waals surface area contributed by atoms with Gasteiger partial charge in [-0.15, -0.1) is 0 Å². The van der Waals surface area contributed by atoms with Crippen LogP contribution in [-0.2, 0) is 9.84 Å². The van der Waals surface area contributed by atoms with Crippen molar-refractivity contribution in [3.05, 3.63) is 29.8 Å². The molecule has 5 nitrogen and oxygen atoms in total. The second-order valence-corrected chi connectivity index (χ2v) is 6.52. The summed E-state index contributed by atoms with van der Waals surface area (Å²) in [5.74, 6) is -3.24. The third-order valence-electron chi connectivity index (χ3n) is 2.65. The summed E-state index contributed by atoms with van der Waals surface area (Å²) < 4.78 is 48.0. The van der Waals surface area contributed by atoms with Crippen LogP contribution < -0.4 is 5.32 Å². The van der Waals surface area contributed by atoms with E-state index in [1.807, 2.05) is 0 Å². The molecule has 0 heterocycles. The van der Waals surface area contributed by atoms with E-state index in [0.717, 1.165) is 6.26 Å². The third kappa shape index (κ3) is 5.12. The number of nitrogens with one attached hydrogen (secondary N) is 1. The number of halogens is 2. The average molecular weight is 309 g/mol. The number of rotatable bonds is 7. The van der Waals surface area contributed by atoms with Crippen molar-refractivity contribution in [2.24, 2.45) is 0 Å². The maximum Gasteiger partial charge on any atom is 0.282 e. The lowest BCUT2D eigenvalue weighted by Gasteiger charge is -2.16. The van der Waals surface area contributed by atoms with E-state index >= 15 is 0 Å². The fraction of sp³-hybridized carbons (Fsp3) is 0.500. The Morgan fingerprint density at radius 3 is 2.30 bits per heavy atom. The van der Waals surface area contributed by atoms with Gasteiger partial charge in [-0.1, -0.05) is 12.1 Å². The first-order valence-corrected chi connectivity index (χ1v) is 7.72. The van der Waals surface area contributed by atoms with Gasteiger partial charge in [0.05, 0.1) is 17.5 Å². The van der Waals surface area contributed by atoms with Crippen molar-refractivity contribution in [1.82, 2.24) is 5.32 Å². The van der Waals surface area contributed by atoms with Crippen molar-refractivity contribution in [1.29, 1.82) is 0 Å². The van der Waals surface area contributed by atoms with Crippen LogP contribution in [0.2, 0.25) is 0 Å². The molecule has 1 atom stereocenters. The van der Waals surface area contributed by atoms with E-state index in [4.69, 9.17) is 5.11 Å². The number of aliphatic hydroxyl groups excluding tert-OH is 2. The molecule has 1 rings (SSSR count). The molecule has 0 aromatic heterocycles. The van der Waals surface area contributed by atoms with Gasteiger partial charge < -0.3 is 15.5 Å². The zero-order chi connectivity index (χ0) is 15.4. The molecule has 20 heavy (non-hydrogen) atoms. The topological polar surface area (TPSA) is 86.6 Å². The molecule has 0 fully saturated rings. The zero-order valence-corrected chi connectivity index (χ0v) is 11.7. The van der Waals surface area contributed by atoms with Gasteiger partial charge >= 0.3 is 0 Å². The van der Waals surface area contributed by atoms with Gasteiger partial charge in [0, 0.05) is 12.8 Å². The van der Waals surface area contributed by atoms with Crippen LogP contribution in [0, 0.1) is 0 Å². The fourth-order valence-corrected chi connectivity index (χ4v) is 2.13. The highest BCUT2D eigenvalue weighted by atomic mass is 32.2. The van der Waals surface area contributed by atoms with Crippen LogP contribution in [0.15, 0.2) is 29.2 Å². The smallest absolute Gasteiger partial charge is 0.282 e. The molecular weight excluding hydrogens is 292 g/mol. The second kappa shape index (κ2) is 6.57. The molecule has 0 radical (unpaired) electrons. The molecule has 1 unspecified atom stereocenters. The van der Waals surface area contributed by atoms with Crippen LogP contribution in [0.1, 0.15) is 11.7 Å². The number of benzene rings is 1. The molecule has 0 saturated carbocycles. The average Bonchev–Trinajstić information content (AvgIpc) is 2.37. The van der Waals surface area contributed by atoms with Gasteiger partial charge in [-0.25, -0.2) is 17.2 Å². The lowest BCUT2D eigenvalue weighted by atomic mass is 10.1. The summed E-state index contributed by atoms with van der Waals surface area (Å²) in [4.78, 5) is 0.119. The van der Waals surface area contributed by atoms with E-state index in [-0.39, 0.29) is 11.4 Å². The Bertz CT molecular complexity index is 531. The van der Waals surface area contributed by atoms with Gasteiger partial charge in [0.15, 0.2) is 9.84 Å². The van der Waals surface area contributed by atoms with Gasteiger partial charge in [-0.05, 0) is 17.7 Å². The van der Waals surface area contributed by atoms with Gasteiger partial charge in [0.1, 0.15) is 6.61 Å². The number of hydrogen-bond donors (Lipinski definition) is 3. The normalized spacial score (nSPS) is 14.2. The van der Waals surface area contributed by atoms with E-state index in [9.17, 15) is 22.3 Å². The van der Waals surface area contributed by atoms with Crippen LogP contribution in [0.5, 0.6) is 0 Å². The second-order valence-electron chi connectivity index (χ2n) is 4.50. The minimum Gasteiger partial charge on any atom is -0.390 e. The molecule has 0 aliphatic carbocycles. The number of alkyl halides is 2. The van der Waals surface area contributed by atoms with Crippen molar-refractivity contribution >= 4 is 9.84 Å². The van der Waals surface area contributed by atoms with Crippen LogP contribution in [0.25, 0.3) is 0 Å². The summed E-state index contributed by atoms with van der Waals surface area (Å²) in [6.45, 7) is -2.14. The van der Waals surface area contributed by atoms with E-state index in [0.29, 0.717) is 5.56 Å². The van der Waals surface area contributed by atoms with E-state index in [2.05, 4.69) is 5.32 Å². The Hall–Kier alpha value is -1.09. The van der Waals surface area contributed by atoms with Crippen LogP contribution in [0.3, 0.4) is 0 Å². The van der Waals surface area contributed by atoms with Crippen molar-refractivity contribution in [3.63, 3.8) is 0 Å². The summed E-state index contributed by atoms with van der Waals surface area (Å²) in [5.41, 5.74) is 0.414. The van der Waals surface area contributed by atoms with Crippen molar-refractivity contribution in [3.8, 4) is 0 Å². The number of aliphatic hydroxyl groups is 2.